The van der Waals surface area contributed by atoms with Gasteiger partial charge in [-0.15, -0.1) is 11.3 Å². The van der Waals surface area contributed by atoms with Crippen LogP contribution in [0.1, 0.15) is 59.4 Å². The highest BCUT2D eigenvalue weighted by atomic mass is 32.1. The molecule has 26 heavy (non-hydrogen) atoms. The number of rotatable bonds is 2. The third-order valence-corrected chi connectivity index (χ3v) is 6.93. The van der Waals surface area contributed by atoms with Crippen molar-refractivity contribution in [1.82, 2.24) is 9.38 Å². The minimum Gasteiger partial charge on any atom is -0.296 e. The van der Waals surface area contributed by atoms with Gasteiger partial charge in [-0.25, -0.2) is 4.98 Å². The zero-order chi connectivity index (χ0) is 18.6. The second kappa shape index (κ2) is 6.05. The van der Waals surface area contributed by atoms with E-state index in [1.807, 2.05) is 0 Å². The Kier molecular flexibility index (Phi) is 4.07. The molecule has 0 fully saturated rings. The van der Waals surface area contributed by atoms with Gasteiger partial charge in [-0.1, -0.05) is 44.5 Å². The second-order valence-corrected chi connectivity index (χ2v) is 9.74. The van der Waals surface area contributed by atoms with Crippen molar-refractivity contribution >= 4 is 22.6 Å². The van der Waals surface area contributed by atoms with Crippen LogP contribution in [0.4, 0.5) is 0 Å². The third-order valence-electron chi connectivity index (χ3n) is 5.82. The average Bonchev–Trinajstić information content (AvgIpc) is 3.08. The Bertz CT molecular complexity index is 1000. The molecule has 1 aliphatic rings. The number of aryl methyl sites for hydroxylation is 3. The molecule has 4 rings (SSSR count). The number of thiazole rings is 1. The summed E-state index contributed by atoms with van der Waals surface area (Å²) in [5.74, 6) is 0.692. The molecule has 0 radical (unpaired) electrons. The maximum Gasteiger partial charge on any atom is 0.195 e. The molecule has 3 nitrogen and oxygen atoms in total. The van der Waals surface area contributed by atoms with Gasteiger partial charge in [0.05, 0.1) is 0 Å². The van der Waals surface area contributed by atoms with Crippen LogP contribution in [0.15, 0.2) is 18.2 Å². The quantitative estimate of drug-likeness (QED) is 0.550. The standard InChI is InChI=1S/C22H26N2OS/c1-13-6-8-16(14(2)10-13)20-18(12-25)24-17-9-7-15(22(3,4)5)11-19(17)26-21(24)23-20/h6,8,10,12,15H,7,9,11H2,1-5H3. The summed E-state index contributed by atoms with van der Waals surface area (Å²) in [5, 5.41) is 0. The maximum absolute atomic E-state index is 12.0. The molecule has 136 valence electrons. The van der Waals surface area contributed by atoms with Gasteiger partial charge in [0.2, 0.25) is 0 Å². The summed E-state index contributed by atoms with van der Waals surface area (Å²) in [6, 6.07) is 6.33. The van der Waals surface area contributed by atoms with Gasteiger partial charge in [-0.05, 0) is 50.0 Å². The minimum absolute atomic E-state index is 0.321. The lowest BCUT2D eigenvalue weighted by molar-refractivity contribution is 0.111. The lowest BCUT2D eigenvalue weighted by atomic mass is 9.73. The molecule has 0 saturated carbocycles. The van der Waals surface area contributed by atoms with Gasteiger partial charge in [0.25, 0.3) is 0 Å². The monoisotopic (exact) mass is 366 g/mol. The van der Waals surface area contributed by atoms with Crippen LogP contribution in [0.2, 0.25) is 0 Å². The smallest absolute Gasteiger partial charge is 0.195 e. The number of aromatic nitrogens is 2. The van der Waals surface area contributed by atoms with Crippen LogP contribution in [0.25, 0.3) is 16.2 Å². The Hall–Kier alpha value is -1.94. The molecule has 0 amide bonds. The van der Waals surface area contributed by atoms with E-state index in [1.165, 1.54) is 28.1 Å². The summed E-state index contributed by atoms with van der Waals surface area (Å²) in [7, 11) is 0. The summed E-state index contributed by atoms with van der Waals surface area (Å²) >= 11 is 1.77. The molecule has 2 aromatic heterocycles. The highest BCUT2D eigenvalue weighted by Crippen LogP contribution is 2.41. The summed E-state index contributed by atoms with van der Waals surface area (Å²) in [6.45, 7) is 11.2. The number of imidazole rings is 1. The Morgan fingerprint density at radius 1 is 1.27 bits per heavy atom. The van der Waals surface area contributed by atoms with Gasteiger partial charge >= 0.3 is 0 Å². The van der Waals surface area contributed by atoms with E-state index in [-0.39, 0.29) is 0 Å². The van der Waals surface area contributed by atoms with Crippen LogP contribution in [0.5, 0.6) is 0 Å². The first-order valence-corrected chi connectivity index (χ1v) is 10.2. The van der Waals surface area contributed by atoms with Gasteiger partial charge < -0.3 is 0 Å². The molecule has 1 aromatic carbocycles. The number of benzene rings is 1. The average molecular weight is 367 g/mol. The van der Waals surface area contributed by atoms with E-state index in [0.717, 1.165) is 35.3 Å². The first-order chi connectivity index (χ1) is 12.3. The fourth-order valence-electron chi connectivity index (χ4n) is 4.21. The van der Waals surface area contributed by atoms with Crippen LogP contribution in [0, 0.1) is 25.2 Å². The van der Waals surface area contributed by atoms with E-state index in [9.17, 15) is 4.79 Å². The lowest BCUT2D eigenvalue weighted by Gasteiger charge is -2.33. The van der Waals surface area contributed by atoms with E-state index in [0.29, 0.717) is 17.0 Å². The van der Waals surface area contributed by atoms with Crippen LogP contribution in [0.3, 0.4) is 0 Å². The van der Waals surface area contributed by atoms with E-state index in [1.54, 1.807) is 11.3 Å². The van der Waals surface area contributed by atoms with Gasteiger partial charge in [0, 0.05) is 16.1 Å². The highest BCUT2D eigenvalue weighted by Gasteiger charge is 2.32. The molecule has 3 aromatic rings. The Morgan fingerprint density at radius 2 is 2.04 bits per heavy atom. The van der Waals surface area contributed by atoms with Crippen molar-refractivity contribution in [3.63, 3.8) is 0 Å². The molecule has 4 heteroatoms. The van der Waals surface area contributed by atoms with Crippen LogP contribution in [-0.4, -0.2) is 15.7 Å². The number of nitrogens with zero attached hydrogens (tertiary/aromatic N) is 2. The largest absolute Gasteiger partial charge is 0.296 e. The normalized spacial score (nSPS) is 17.5. The first-order valence-electron chi connectivity index (χ1n) is 9.35. The predicted octanol–water partition coefficient (Wildman–Crippen LogP) is 5.64. The fourth-order valence-corrected chi connectivity index (χ4v) is 5.46. The van der Waals surface area contributed by atoms with Gasteiger partial charge in [-0.2, -0.15) is 0 Å². The molecule has 1 unspecified atom stereocenters. The highest BCUT2D eigenvalue weighted by molar-refractivity contribution is 7.17. The van der Waals surface area contributed by atoms with E-state index >= 15 is 0 Å². The molecule has 1 aliphatic carbocycles. The van der Waals surface area contributed by atoms with E-state index in [4.69, 9.17) is 4.98 Å². The van der Waals surface area contributed by atoms with Crippen molar-refractivity contribution < 1.29 is 4.79 Å². The predicted molar refractivity (Wildman–Crippen MR) is 108 cm³/mol. The zero-order valence-corrected chi connectivity index (χ0v) is 17.0. The van der Waals surface area contributed by atoms with Gasteiger partial charge in [0.1, 0.15) is 11.4 Å². The summed E-state index contributed by atoms with van der Waals surface area (Å²) in [5.41, 5.74) is 6.61. The van der Waals surface area contributed by atoms with Crippen molar-refractivity contribution in [3.05, 3.63) is 45.6 Å². The number of hydrogen-bond acceptors (Lipinski definition) is 3. The Balaban J connectivity index is 1.85. The number of fused-ring (bicyclic) bond motifs is 3. The van der Waals surface area contributed by atoms with Crippen molar-refractivity contribution in [2.75, 3.05) is 0 Å². The number of carbonyl (C=O) groups excluding carboxylic acids is 1. The minimum atomic E-state index is 0.321. The first kappa shape index (κ1) is 17.5. The molecule has 0 saturated heterocycles. The van der Waals surface area contributed by atoms with E-state index in [2.05, 4.69) is 57.2 Å². The Labute approximate surface area is 159 Å². The molecule has 0 N–H and O–H groups in total. The second-order valence-electron chi connectivity index (χ2n) is 8.68. The number of carbonyl (C=O) groups is 1. The molecular weight excluding hydrogens is 340 g/mol. The topological polar surface area (TPSA) is 34.4 Å². The van der Waals surface area contributed by atoms with E-state index < -0.39 is 0 Å². The number of aldehydes is 1. The summed E-state index contributed by atoms with van der Waals surface area (Å²) < 4.78 is 2.13. The molecule has 0 bridgehead atoms. The van der Waals surface area contributed by atoms with Gasteiger partial charge in [-0.3, -0.25) is 9.20 Å². The third kappa shape index (κ3) is 2.71. The maximum atomic E-state index is 12.0. The fraction of sp³-hybridized carbons (Fsp3) is 0.455. The van der Waals surface area contributed by atoms with Crippen LogP contribution < -0.4 is 0 Å². The van der Waals surface area contributed by atoms with Crippen LogP contribution in [-0.2, 0) is 12.8 Å². The molecular formula is C22H26N2OS. The molecule has 0 aliphatic heterocycles. The number of hydrogen-bond donors (Lipinski definition) is 0. The summed E-state index contributed by atoms with van der Waals surface area (Å²) in [4.78, 5) is 19.3. The van der Waals surface area contributed by atoms with Crippen molar-refractivity contribution in [2.24, 2.45) is 11.3 Å². The zero-order valence-electron chi connectivity index (χ0n) is 16.2. The molecule has 0 spiro atoms. The van der Waals surface area contributed by atoms with Crippen molar-refractivity contribution in [1.29, 1.82) is 0 Å². The molecule has 2 heterocycles. The van der Waals surface area contributed by atoms with Gasteiger partial charge in [0.15, 0.2) is 11.2 Å². The molecule has 1 atom stereocenters. The van der Waals surface area contributed by atoms with Crippen molar-refractivity contribution in [3.8, 4) is 11.3 Å². The van der Waals surface area contributed by atoms with Crippen molar-refractivity contribution in [2.45, 2.75) is 53.9 Å². The van der Waals surface area contributed by atoms with Crippen LogP contribution >= 0.6 is 11.3 Å². The lowest BCUT2D eigenvalue weighted by Crippen LogP contribution is -2.26. The summed E-state index contributed by atoms with van der Waals surface area (Å²) in [6.07, 6.45) is 4.29. The SMILES string of the molecule is Cc1ccc(-c2nc3sc4c(n3c2C=O)CCC(C(C)(C)C)C4)c(C)c1. The Morgan fingerprint density at radius 3 is 2.69 bits per heavy atom.